The predicted molar refractivity (Wildman–Crippen MR) is 156 cm³/mol. The van der Waals surface area contributed by atoms with Crippen LogP contribution in [0, 0.1) is 0 Å². The molecule has 0 radical (unpaired) electrons. The highest BCUT2D eigenvalue weighted by atomic mass is 16.6. The van der Waals surface area contributed by atoms with Crippen LogP contribution in [0.3, 0.4) is 0 Å². The average molecular weight is 545 g/mol. The monoisotopic (exact) mass is 544 g/mol. The van der Waals surface area contributed by atoms with Gasteiger partial charge in [-0.1, -0.05) is 61.0 Å². The Morgan fingerprint density at radius 3 is 2.38 bits per heavy atom. The van der Waals surface area contributed by atoms with Gasteiger partial charge >= 0.3 is 11.9 Å². The van der Waals surface area contributed by atoms with E-state index in [2.05, 4.69) is 60.0 Å². The first-order valence-electron chi connectivity index (χ1n) is 14.1. The van der Waals surface area contributed by atoms with Gasteiger partial charge in [-0.25, -0.2) is 4.79 Å². The smallest absolute Gasteiger partial charge is 0.326 e. The van der Waals surface area contributed by atoms with Crippen LogP contribution in [0.5, 0.6) is 0 Å². The third-order valence-corrected chi connectivity index (χ3v) is 7.49. The van der Waals surface area contributed by atoms with Crippen LogP contribution in [0.2, 0.25) is 0 Å². The van der Waals surface area contributed by atoms with E-state index in [9.17, 15) is 19.5 Å². The molecule has 0 saturated heterocycles. The number of fused-ring (bicyclic) bond motifs is 1. The summed E-state index contributed by atoms with van der Waals surface area (Å²) in [5, 5.41) is 18.4. The van der Waals surface area contributed by atoms with Crippen molar-refractivity contribution < 1.29 is 24.2 Å². The molecule has 3 aromatic carbocycles. The van der Waals surface area contributed by atoms with Crippen LogP contribution in [-0.2, 0) is 14.3 Å². The first kappa shape index (κ1) is 29.3. The quantitative estimate of drug-likeness (QED) is 0.280. The summed E-state index contributed by atoms with van der Waals surface area (Å²) in [6, 6.07) is 21.6. The fraction of sp³-hybridized carbons (Fsp3) is 0.424. The average Bonchev–Trinajstić information content (AvgIpc) is 2.91. The molecule has 0 heterocycles. The molecule has 3 aromatic rings. The minimum atomic E-state index is -1.36. The fourth-order valence-electron chi connectivity index (χ4n) is 5.61. The molecule has 40 heavy (non-hydrogen) atoms. The summed E-state index contributed by atoms with van der Waals surface area (Å²) in [6.45, 7) is 7.34. The molecule has 0 bridgehead atoms. The number of carboxylic acids is 1. The van der Waals surface area contributed by atoms with Gasteiger partial charge in [0, 0.05) is 17.6 Å². The number of amides is 1. The molecule has 1 saturated carbocycles. The van der Waals surface area contributed by atoms with E-state index < -0.39 is 35.9 Å². The summed E-state index contributed by atoms with van der Waals surface area (Å²) >= 11 is 0. The normalized spacial score (nSPS) is 19.0. The maximum atomic E-state index is 12.8. The van der Waals surface area contributed by atoms with Crippen LogP contribution in [0.4, 0.5) is 0 Å². The van der Waals surface area contributed by atoms with Crippen LogP contribution in [-0.4, -0.2) is 40.6 Å². The van der Waals surface area contributed by atoms with Crippen molar-refractivity contribution >= 4 is 28.6 Å². The zero-order valence-corrected chi connectivity index (χ0v) is 23.8. The van der Waals surface area contributed by atoms with Crippen molar-refractivity contribution in [1.82, 2.24) is 10.6 Å². The Morgan fingerprint density at radius 1 is 0.975 bits per heavy atom. The molecule has 3 N–H and O–H groups in total. The summed E-state index contributed by atoms with van der Waals surface area (Å²) < 4.78 is 5.21. The largest absolute Gasteiger partial charge is 0.480 e. The molecule has 0 aliphatic heterocycles. The molecule has 1 aliphatic carbocycles. The van der Waals surface area contributed by atoms with E-state index in [1.54, 1.807) is 32.9 Å². The number of carboxylic acid groups (broad SMARTS) is 1. The van der Waals surface area contributed by atoms with E-state index in [4.69, 9.17) is 4.74 Å². The number of ether oxygens (including phenoxy) is 1. The van der Waals surface area contributed by atoms with Gasteiger partial charge in [0.2, 0.25) is 0 Å². The second-order valence-electron chi connectivity index (χ2n) is 11.8. The van der Waals surface area contributed by atoms with Crippen molar-refractivity contribution in [1.29, 1.82) is 0 Å². The molecular formula is C33H40N2O5. The zero-order chi connectivity index (χ0) is 28.9. The van der Waals surface area contributed by atoms with Gasteiger partial charge in [0.25, 0.3) is 5.91 Å². The number of aliphatic carboxylic acids is 1. The number of carbonyl (C=O) groups is 3. The molecule has 1 aliphatic rings. The standard InChI is InChI=1S/C33H40N2O5/c1-21(27-14-8-10-23-9-5-6-13-28(23)27)34-26-12-7-11-25(19-26)22-15-17-24(18-16-22)31(37)35-29(32(38)39)20-30(36)40-33(2,3)4/h5-6,8-10,13-18,21,25-26,29,34H,7,11-12,19-20H2,1-4H3,(H,35,37)(H,38,39)/t21?,25-,26?,29?/m0/s1. The van der Waals surface area contributed by atoms with Gasteiger partial charge in [0.15, 0.2) is 0 Å². The Morgan fingerprint density at radius 2 is 1.68 bits per heavy atom. The summed E-state index contributed by atoms with van der Waals surface area (Å²) in [5.74, 6) is -2.11. The third kappa shape index (κ3) is 7.69. The molecular weight excluding hydrogens is 504 g/mol. The third-order valence-electron chi connectivity index (χ3n) is 7.49. The lowest BCUT2D eigenvalue weighted by molar-refractivity contribution is -0.158. The van der Waals surface area contributed by atoms with E-state index in [0.29, 0.717) is 17.5 Å². The van der Waals surface area contributed by atoms with Crippen molar-refractivity contribution in [2.45, 2.75) is 89.4 Å². The molecule has 0 spiro atoms. The minimum absolute atomic E-state index is 0.226. The van der Waals surface area contributed by atoms with Crippen LogP contribution in [0.25, 0.3) is 10.8 Å². The van der Waals surface area contributed by atoms with Crippen LogP contribution in [0.1, 0.15) is 93.2 Å². The Bertz CT molecular complexity index is 1340. The minimum Gasteiger partial charge on any atom is -0.480 e. The number of benzene rings is 3. The molecule has 4 atom stereocenters. The number of esters is 1. The van der Waals surface area contributed by atoms with E-state index in [0.717, 1.165) is 25.7 Å². The number of hydrogen-bond donors (Lipinski definition) is 3. The molecule has 1 fully saturated rings. The van der Waals surface area contributed by atoms with Gasteiger partial charge in [0.05, 0.1) is 6.42 Å². The Balaban J connectivity index is 1.36. The molecule has 212 valence electrons. The molecule has 1 amide bonds. The van der Waals surface area contributed by atoms with Crippen molar-refractivity contribution in [3.63, 3.8) is 0 Å². The van der Waals surface area contributed by atoms with E-state index in [1.165, 1.54) is 21.9 Å². The highest BCUT2D eigenvalue weighted by Crippen LogP contribution is 2.34. The van der Waals surface area contributed by atoms with E-state index in [-0.39, 0.29) is 6.04 Å². The summed E-state index contributed by atoms with van der Waals surface area (Å²) in [6.07, 6.45) is 3.91. The molecule has 7 nitrogen and oxygen atoms in total. The van der Waals surface area contributed by atoms with Crippen molar-refractivity contribution in [3.05, 3.63) is 83.4 Å². The molecule has 3 unspecified atom stereocenters. The maximum absolute atomic E-state index is 12.8. The highest BCUT2D eigenvalue weighted by Gasteiger charge is 2.28. The van der Waals surface area contributed by atoms with Gasteiger partial charge in [0.1, 0.15) is 11.6 Å². The lowest BCUT2D eigenvalue weighted by atomic mass is 9.80. The van der Waals surface area contributed by atoms with Crippen molar-refractivity contribution in [2.75, 3.05) is 0 Å². The summed E-state index contributed by atoms with van der Waals surface area (Å²) in [7, 11) is 0. The van der Waals surface area contributed by atoms with Gasteiger partial charge in [-0.2, -0.15) is 0 Å². The second kappa shape index (κ2) is 12.6. The van der Waals surface area contributed by atoms with E-state index >= 15 is 0 Å². The number of rotatable bonds is 9. The predicted octanol–water partition coefficient (Wildman–Crippen LogP) is 6.13. The molecule has 0 aromatic heterocycles. The Labute approximate surface area is 236 Å². The van der Waals surface area contributed by atoms with Gasteiger partial charge < -0.3 is 20.5 Å². The Kier molecular flexibility index (Phi) is 9.25. The van der Waals surface area contributed by atoms with Crippen LogP contribution >= 0.6 is 0 Å². The van der Waals surface area contributed by atoms with Crippen molar-refractivity contribution in [3.8, 4) is 0 Å². The van der Waals surface area contributed by atoms with Crippen LogP contribution in [0.15, 0.2) is 66.7 Å². The summed E-state index contributed by atoms with van der Waals surface area (Å²) in [4.78, 5) is 36.5. The van der Waals surface area contributed by atoms with Crippen LogP contribution < -0.4 is 10.6 Å². The van der Waals surface area contributed by atoms with Gasteiger partial charge in [-0.05, 0) is 86.9 Å². The van der Waals surface area contributed by atoms with E-state index in [1.807, 2.05) is 12.1 Å². The van der Waals surface area contributed by atoms with Gasteiger partial charge in [-0.15, -0.1) is 0 Å². The Hall–Kier alpha value is -3.71. The highest BCUT2D eigenvalue weighted by molar-refractivity contribution is 5.97. The summed E-state index contributed by atoms with van der Waals surface area (Å²) in [5.41, 5.74) is 2.10. The number of carbonyl (C=O) groups excluding carboxylic acids is 2. The number of hydrogen-bond acceptors (Lipinski definition) is 5. The number of nitrogens with one attached hydrogen (secondary N) is 2. The first-order chi connectivity index (χ1) is 19.0. The maximum Gasteiger partial charge on any atom is 0.326 e. The molecule has 7 heteroatoms. The molecule has 4 rings (SSSR count). The fourth-order valence-corrected chi connectivity index (χ4v) is 5.61. The first-order valence-corrected chi connectivity index (χ1v) is 14.1. The van der Waals surface area contributed by atoms with Crippen molar-refractivity contribution in [2.24, 2.45) is 0 Å². The topological polar surface area (TPSA) is 105 Å². The zero-order valence-electron chi connectivity index (χ0n) is 23.8. The van der Waals surface area contributed by atoms with Gasteiger partial charge in [-0.3, -0.25) is 9.59 Å². The lowest BCUT2D eigenvalue weighted by Crippen LogP contribution is -2.43. The SMILES string of the molecule is CC(NC1CCC[C@H](c2ccc(C(=O)NC(CC(=O)OC(C)(C)C)C(=O)O)cc2)C1)c1cccc2ccccc12. The second-order valence-corrected chi connectivity index (χ2v) is 11.8. The lowest BCUT2D eigenvalue weighted by Gasteiger charge is -2.32.